The second-order valence-corrected chi connectivity index (χ2v) is 13.5. The fourth-order valence-electron chi connectivity index (χ4n) is 5.20. The van der Waals surface area contributed by atoms with Gasteiger partial charge in [-0.05, 0) is 65.1 Å². The maximum absolute atomic E-state index is 13.5. The Labute approximate surface area is 288 Å². The summed E-state index contributed by atoms with van der Waals surface area (Å²) in [5, 5.41) is 18.8. The summed E-state index contributed by atoms with van der Waals surface area (Å²) in [6.07, 6.45) is 0.558. The number of hydrogen-bond acceptors (Lipinski definition) is 8. The lowest BCUT2D eigenvalue weighted by molar-refractivity contribution is -0.134. The molecule has 11 heteroatoms. The van der Waals surface area contributed by atoms with E-state index in [0.29, 0.717) is 19.6 Å². The molecule has 3 rings (SSSR count). The van der Waals surface area contributed by atoms with Crippen LogP contribution < -0.4 is 21.1 Å². The zero-order chi connectivity index (χ0) is 35.1. The van der Waals surface area contributed by atoms with Crippen molar-refractivity contribution in [2.24, 2.45) is 23.5 Å². The molecule has 0 aliphatic rings. The van der Waals surface area contributed by atoms with Crippen LogP contribution in [0.25, 0.3) is 10.4 Å². The predicted octanol–water partition coefficient (Wildman–Crippen LogP) is 5.68. The van der Waals surface area contributed by atoms with Crippen molar-refractivity contribution >= 4 is 23.2 Å². The van der Waals surface area contributed by atoms with Crippen LogP contribution in [-0.2, 0) is 32.2 Å². The smallest absolute Gasteiger partial charge is 0.243 e. The molecule has 2 amide bonds. The molecule has 0 radical (unpaired) electrons. The zero-order valence-electron chi connectivity index (χ0n) is 28.7. The summed E-state index contributed by atoms with van der Waals surface area (Å²) in [7, 11) is 1.67. The molecular formula is C37H52FN3O6S. The lowest BCUT2D eigenvalue weighted by Crippen LogP contribution is -2.52. The van der Waals surface area contributed by atoms with Crippen LogP contribution in [0, 0.1) is 23.6 Å². The topological polar surface area (TPSA) is 132 Å². The van der Waals surface area contributed by atoms with E-state index in [1.165, 1.54) is 12.1 Å². The summed E-state index contributed by atoms with van der Waals surface area (Å²) in [6.45, 7) is 9.38. The number of aliphatic hydroxyl groups is 1. The van der Waals surface area contributed by atoms with Crippen molar-refractivity contribution in [1.29, 1.82) is 0 Å². The number of amides is 2. The number of methoxy groups -OCH3 is 1. The number of carbonyl (C=O) groups excluding carboxylic acids is 2. The van der Waals surface area contributed by atoms with Crippen molar-refractivity contribution in [3.63, 3.8) is 0 Å². The summed E-state index contributed by atoms with van der Waals surface area (Å²) >= 11 is 1.64. The summed E-state index contributed by atoms with van der Waals surface area (Å²) in [6, 6.07) is 14.4. The van der Waals surface area contributed by atoms with E-state index in [0.717, 1.165) is 33.7 Å². The van der Waals surface area contributed by atoms with Gasteiger partial charge in [0.15, 0.2) is 0 Å². The first-order valence-corrected chi connectivity index (χ1v) is 17.5. The number of nitrogens with one attached hydrogen (secondary N) is 2. The second kappa shape index (κ2) is 20.2. The van der Waals surface area contributed by atoms with Gasteiger partial charge in [0.25, 0.3) is 0 Å². The highest BCUT2D eigenvalue weighted by molar-refractivity contribution is 7.13. The van der Waals surface area contributed by atoms with Crippen molar-refractivity contribution in [2.75, 3.05) is 26.9 Å². The number of ether oxygens (including phenoxy) is 3. The normalized spacial score (nSPS) is 14.6. The first-order valence-electron chi connectivity index (χ1n) is 16.7. The van der Waals surface area contributed by atoms with Crippen LogP contribution in [0.3, 0.4) is 0 Å². The summed E-state index contributed by atoms with van der Waals surface area (Å²) in [5.74, 6) is -1.04. The van der Waals surface area contributed by atoms with Crippen molar-refractivity contribution in [3.8, 4) is 16.2 Å². The van der Waals surface area contributed by atoms with Gasteiger partial charge in [0.2, 0.25) is 11.8 Å². The third-order valence-electron chi connectivity index (χ3n) is 8.47. The van der Waals surface area contributed by atoms with E-state index in [9.17, 15) is 19.1 Å². The van der Waals surface area contributed by atoms with Crippen LogP contribution in [-0.4, -0.2) is 62.0 Å². The average molecular weight is 686 g/mol. The maximum Gasteiger partial charge on any atom is 0.243 e. The number of benzene rings is 2. The van der Waals surface area contributed by atoms with Crippen molar-refractivity contribution < 1.29 is 33.3 Å². The first-order chi connectivity index (χ1) is 23.0. The van der Waals surface area contributed by atoms with Gasteiger partial charge in [-0.3, -0.25) is 9.59 Å². The molecular weight excluding hydrogens is 633 g/mol. The molecule has 1 heterocycles. The minimum absolute atomic E-state index is 0.0889. The van der Waals surface area contributed by atoms with Gasteiger partial charge in [0.05, 0.1) is 32.0 Å². The number of halogens is 1. The molecule has 0 saturated heterocycles. The molecule has 0 aliphatic heterocycles. The average Bonchev–Trinajstić information content (AvgIpc) is 3.62. The molecule has 1 aromatic heterocycles. The van der Waals surface area contributed by atoms with E-state index in [-0.39, 0.29) is 55.6 Å². The Morgan fingerprint density at radius 2 is 1.75 bits per heavy atom. The van der Waals surface area contributed by atoms with Gasteiger partial charge in [-0.15, -0.1) is 11.3 Å². The zero-order valence-corrected chi connectivity index (χ0v) is 29.6. The van der Waals surface area contributed by atoms with E-state index in [4.69, 9.17) is 19.9 Å². The van der Waals surface area contributed by atoms with Gasteiger partial charge in [-0.1, -0.05) is 58.4 Å². The number of rotatable bonds is 21. The Kier molecular flexibility index (Phi) is 16.5. The number of thiophene rings is 1. The van der Waals surface area contributed by atoms with E-state index < -0.39 is 24.1 Å². The molecule has 0 spiro atoms. The lowest BCUT2D eigenvalue weighted by atomic mass is 9.86. The molecule has 2 aromatic carbocycles. The number of carbonyl (C=O) groups is 2. The monoisotopic (exact) mass is 685 g/mol. The quantitative estimate of drug-likeness (QED) is 0.106. The van der Waals surface area contributed by atoms with E-state index in [2.05, 4.69) is 16.7 Å². The van der Waals surface area contributed by atoms with Crippen molar-refractivity contribution in [3.05, 3.63) is 76.9 Å². The number of nitrogens with two attached hydrogens (primary N) is 1. The molecule has 3 aromatic rings. The molecule has 0 bridgehead atoms. The van der Waals surface area contributed by atoms with Gasteiger partial charge in [-0.2, -0.15) is 0 Å². The van der Waals surface area contributed by atoms with E-state index in [1.807, 2.05) is 57.3 Å². The third kappa shape index (κ3) is 12.3. The van der Waals surface area contributed by atoms with Crippen LogP contribution >= 0.6 is 11.3 Å². The highest BCUT2D eigenvalue weighted by atomic mass is 32.1. The molecule has 264 valence electrons. The van der Waals surface area contributed by atoms with Crippen molar-refractivity contribution in [2.45, 2.75) is 78.3 Å². The number of aliphatic hydroxyl groups excluding tert-OH is 1. The highest BCUT2D eigenvalue weighted by Gasteiger charge is 2.32. The third-order valence-corrected chi connectivity index (χ3v) is 9.37. The van der Waals surface area contributed by atoms with Gasteiger partial charge in [-0.25, -0.2) is 4.39 Å². The van der Waals surface area contributed by atoms with Crippen LogP contribution in [0.1, 0.15) is 58.1 Å². The Bertz CT molecular complexity index is 1390. The summed E-state index contributed by atoms with van der Waals surface area (Å²) in [5.41, 5.74) is 9.01. The minimum Gasteiger partial charge on any atom is -0.493 e. The Morgan fingerprint density at radius 1 is 1.02 bits per heavy atom. The molecule has 0 aliphatic carbocycles. The Hall–Kier alpha value is -3.35. The molecule has 5 unspecified atom stereocenters. The Morgan fingerprint density at radius 3 is 2.40 bits per heavy atom. The fourth-order valence-corrected chi connectivity index (χ4v) is 5.96. The molecule has 5 atom stereocenters. The highest BCUT2D eigenvalue weighted by Crippen LogP contribution is 2.34. The molecule has 0 fully saturated rings. The largest absolute Gasteiger partial charge is 0.493 e. The minimum atomic E-state index is -1.00. The van der Waals surface area contributed by atoms with Gasteiger partial charge in [0.1, 0.15) is 17.6 Å². The van der Waals surface area contributed by atoms with Crippen LogP contribution in [0.2, 0.25) is 0 Å². The molecule has 9 nitrogen and oxygen atoms in total. The second-order valence-electron chi connectivity index (χ2n) is 12.6. The maximum atomic E-state index is 13.5. The van der Waals surface area contributed by atoms with E-state index in [1.54, 1.807) is 30.6 Å². The standard InChI is InChI=1S/C37H52FN3O6S/c1-6-25(4)35(37(44)40-21-26-10-13-28(38)14-11-26)41-36(43)30(24(2)3)20-32(42)31(39)23-46-22-27-12-15-29(34-9-7-18-48-34)33(19-27)47-17-8-16-45-5/h7,9-15,18-19,24-25,30-32,35,42H,6,8,16-17,20-23,39H2,1-5H3,(H,40,44)(H,41,43). The first kappa shape index (κ1) is 39.1. The SMILES string of the molecule is CCC(C)C(NC(=O)C(CC(O)C(N)COCc1ccc(-c2cccs2)c(OCCCOC)c1)C(C)C)C(=O)NCc1ccc(F)cc1. The van der Waals surface area contributed by atoms with Crippen molar-refractivity contribution in [1.82, 2.24) is 10.6 Å². The fraction of sp³-hybridized carbons (Fsp3) is 0.514. The van der Waals surface area contributed by atoms with Crippen LogP contribution in [0.5, 0.6) is 5.75 Å². The number of hydrogen-bond donors (Lipinski definition) is 4. The predicted molar refractivity (Wildman–Crippen MR) is 188 cm³/mol. The molecule has 48 heavy (non-hydrogen) atoms. The van der Waals surface area contributed by atoms with Gasteiger partial charge in [0, 0.05) is 43.0 Å². The van der Waals surface area contributed by atoms with E-state index >= 15 is 0 Å². The van der Waals surface area contributed by atoms with Crippen LogP contribution in [0.15, 0.2) is 60.0 Å². The molecule has 5 N–H and O–H groups in total. The molecule has 0 saturated carbocycles. The van der Waals surface area contributed by atoms with Crippen LogP contribution in [0.4, 0.5) is 4.39 Å². The van der Waals surface area contributed by atoms with Gasteiger partial charge >= 0.3 is 0 Å². The summed E-state index contributed by atoms with van der Waals surface area (Å²) in [4.78, 5) is 27.8. The Balaban J connectivity index is 1.56. The summed E-state index contributed by atoms with van der Waals surface area (Å²) < 4.78 is 30.4. The lowest BCUT2D eigenvalue weighted by Gasteiger charge is -2.29. The van der Waals surface area contributed by atoms with Gasteiger partial charge < -0.3 is 35.7 Å².